The lowest BCUT2D eigenvalue weighted by Gasteiger charge is -2.26. The fourth-order valence-corrected chi connectivity index (χ4v) is 2.20. The third kappa shape index (κ3) is 4.37. The number of nitrogens with one attached hydrogen (secondary N) is 2. The fraction of sp³-hybridized carbons (Fsp3) is 0.467. The second-order valence-electron chi connectivity index (χ2n) is 4.82. The monoisotopic (exact) mass is 291 g/mol. The molecule has 1 heterocycles. The lowest BCUT2D eigenvalue weighted by molar-refractivity contribution is -0.121. The number of amides is 3. The van der Waals surface area contributed by atoms with Gasteiger partial charge in [-0.3, -0.25) is 4.79 Å². The van der Waals surface area contributed by atoms with E-state index >= 15 is 0 Å². The van der Waals surface area contributed by atoms with Crippen molar-refractivity contribution in [1.82, 2.24) is 15.5 Å². The van der Waals surface area contributed by atoms with Crippen LogP contribution in [0.15, 0.2) is 24.3 Å². The molecule has 1 saturated heterocycles. The molecule has 0 saturated carbocycles. The molecule has 0 atom stereocenters. The zero-order chi connectivity index (χ0) is 15.1. The van der Waals surface area contributed by atoms with Crippen molar-refractivity contribution < 1.29 is 14.3 Å². The number of rotatable bonds is 6. The Labute approximate surface area is 124 Å². The molecule has 0 radical (unpaired) electrons. The molecule has 2 N–H and O–H groups in total. The van der Waals surface area contributed by atoms with E-state index in [2.05, 4.69) is 10.6 Å². The Hall–Kier alpha value is -2.24. The number of ether oxygens (including phenoxy) is 1. The highest BCUT2D eigenvalue weighted by Gasteiger charge is 2.19. The van der Waals surface area contributed by atoms with Gasteiger partial charge in [0.05, 0.1) is 6.61 Å². The molecule has 6 heteroatoms. The summed E-state index contributed by atoms with van der Waals surface area (Å²) in [7, 11) is 0. The van der Waals surface area contributed by atoms with Gasteiger partial charge in [-0.05, 0) is 19.4 Å². The standard InChI is InChI=1S/C15H21N3O3/c1-2-21-13-7-4-3-6-12(13)10-17-14(19)11-18-9-5-8-16-15(18)20/h3-4,6-7H,2,5,8-11H2,1H3,(H,16,20)(H,17,19). The maximum absolute atomic E-state index is 11.9. The van der Waals surface area contributed by atoms with Crippen molar-refractivity contribution in [3.8, 4) is 5.75 Å². The lowest BCUT2D eigenvalue weighted by Crippen LogP contribution is -2.50. The molecule has 114 valence electrons. The van der Waals surface area contributed by atoms with Crippen LogP contribution in [0.1, 0.15) is 18.9 Å². The van der Waals surface area contributed by atoms with Crippen LogP contribution in [0.4, 0.5) is 4.79 Å². The van der Waals surface area contributed by atoms with E-state index in [1.807, 2.05) is 31.2 Å². The van der Waals surface area contributed by atoms with Crippen molar-refractivity contribution in [3.63, 3.8) is 0 Å². The van der Waals surface area contributed by atoms with Gasteiger partial charge in [0.25, 0.3) is 0 Å². The van der Waals surface area contributed by atoms with Crippen LogP contribution >= 0.6 is 0 Å². The fourth-order valence-electron chi connectivity index (χ4n) is 2.20. The molecular weight excluding hydrogens is 270 g/mol. The Morgan fingerprint density at radius 2 is 2.24 bits per heavy atom. The summed E-state index contributed by atoms with van der Waals surface area (Å²) >= 11 is 0. The van der Waals surface area contributed by atoms with E-state index in [0.29, 0.717) is 26.2 Å². The first-order valence-corrected chi connectivity index (χ1v) is 7.21. The van der Waals surface area contributed by atoms with E-state index in [1.54, 1.807) is 0 Å². The van der Waals surface area contributed by atoms with E-state index < -0.39 is 0 Å². The largest absolute Gasteiger partial charge is 0.494 e. The van der Waals surface area contributed by atoms with Crippen molar-refractivity contribution in [2.75, 3.05) is 26.2 Å². The van der Waals surface area contributed by atoms with Crippen LogP contribution in [0.5, 0.6) is 5.75 Å². The highest BCUT2D eigenvalue weighted by molar-refractivity contribution is 5.84. The Bertz CT molecular complexity index is 505. The number of hydrogen-bond donors (Lipinski definition) is 2. The van der Waals surface area contributed by atoms with Crippen LogP contribution in [0.2, 0.25) is 0 Å². The molecule has 0 aliphatic carbocycles. The van der Waals surface area contributed by atoms with Gasteiger partial charge in [0.1, 0.15) is 12.3 Å². The van der Waals surface area contributed by atoms with Crippen LogP contribution in [0, 0.1) is 0 Å². The molecule has 1 aliphatic rings. The smallest absolute Gasteiger partial charge is 0.317 e. The normalized spacial score (nSPS) is 14.5. The first kappa shape index (κ1) is 15.2. The summed E-state index contributed by atoms with van der Waals surface area (Å²) in [6.45, 7) is 4.28. The number of para-hydroxylation sites is 1. The first-order valence-electron chi connectivity index (χ1n) is 7.21. The molecule has 0 unspecified atom stereocenters. The van der Waals surface area contributed by atoms with Crippen LogP contribution < -0.4 is 15.4 Å². The molecule has 1 aromatic carbocycles. The number of carbonyl (C=O) groups is 2. The molecule has 21 heavy (non-hydrogen) atoms. The molecule has 0 spiro atoms. The Balaban J connectivity index is 1.85. The second-order valence-corrected chi connectivity index (χ2v) is 4.82. The maximum Gasteiger partial charge on any atom is 0.317 e. The summed E-state index contributed by atoms with van der Waals surface area (Å²) in [5.74, 6) is 0.606. The molecular formula is C15H21N3O3. The molecule has 1 aliphatic heterocycles. The summed E-state index contributed by atoms with van der Waals surface area (Å²) in [4.78, 5) is 25.0. The van der Waals surface area contributed by atoms with Crippen molar-refractivity contribution in [1.29, 1.82) is 0 Å². The number of hydrogen-bond acceptors (Lipinski definition) is 3. The Morgan fingerprint density at radius 1 is 1.43 bits per heavy atom. The minimum absolute atomic E-state index is 0.0859. The number of nitrogens with zero attached hydrogens (tertiary/aromatic N) is 1. The average Bonchev–Trinajstić information content (AvgIpc) is 2.49. The zero-order valence-corrected chi connectivity index (χ0v) is 12.2. The second kappa shape index (κ2) is 7.52. The molecule has 3 amide bonds. The van der Waals surface area contributed by atoms with Gasteiger partial charge in [-0.25, -0.2) is 4.79 Å². The number of carbonyl (C=O) groups excluding carboxylic acids is 2. The molecule has 2 rings (SSSR count). The summed E-state index contributed by atoms with van der Waals surface area (Å²) in [6.07, 6.45) is 0.867. The predicted octanol–water partition coefficient (Wildman–Crippen LogP) is 1.12. The molecule has 0 aromatic heterocycles. The predicted molar refractivity (Wildman–Crippen MR) is 79.0 cm³/mol. The minimum atomic E-state index is -0.175. The lowest BCUT2D eigenvalue weighted by atomic mass is 10.2. The Kier molecular flexibility index (Phi) is 5.43. The van der Waals surface area contributed by atoms with Crippen molar-refractivity contribution in [2.24, 2.45) is 0 Å². The Morgan fingerprint density at radius 3 is 3.00 bits per heavy atom. The van der Waals surface area contributed by atoms with Crippen molar-refractivity contribution in [2.45, 2.75) is 19.9 Å². The summed E-state index contributed by atoms with van der Waals surface area (Å²) in [5, 5.41) is 5.55. The third-order valence-corrected chi connectivity index (χ3v) is 3.25. The maximum atomic E-state index is 11.9. The quantitative estimate of drug-likeness (QED) is 0.825. The molecule has 6 nitrogen and oxygen atoms in total. The molecule has 0 bridgehead atoms. The topological polar surface area (TPSA) is 70.7 Å². The van der Waals surface area contributed by atoms with Crippen molar-refractivity contribution >= 4 is 11.9 Å². The van der Waals surface area contributed by atoms with Gasteiger partial charge in [0, 0.05) is 25.2 Å². The SMILES string of the molecule is CCOc1ccccc1CNC(=O)CN1CCCNC1=O. The summed E-state index contributed by atoms with van der Waals surface area (Å²) in [5.41, 5.74) is 0.927. The van der Waals surface area contributed by atoms with Gasteiger partial charge in [-0.1, -0.05) is 18.2 Å². The van der Waals surface area contributed by atoms with Gasteiger partial charge < -0.3 is 20.3 Å². The number of benzene rings is 1. The van der Waals surface area contributed by atoms with E-state index in [9.17, 15) is 9.59 Å². The van der Waals surface area contributed by atoms with E-state index in [1.165, 1.54) is 4.90 Å². The van der Waals surface area contributed by atoms with Gasteiger partial charge in [-0.2, -0.15) is 0 Å². The van der Waals surface area contributed by atoms with E-state index in [4.69, 9.17) is 4.74 Å². The van der Waals surface area contributed by atoms with Gasteiger partial charge >= 0.3 is 6.03 Å². The number of urea groups is 1. The van der Waals surface area contributed by atoms with Crippen molar-refractivity contribution in [3.05, 3.63) is 29.8 Å². The van der Waals surface area contributed by atoms with E-state index in [0.717, 1.165) is 17.7 Å². The highest BCUT2D eigenvalue weighted by Crippen LogP contribution is 2.17. The summed E-state index contributed by atoms with van der Waals surface area (Å²) in [6, 6.07) is 7.42. The van der Waals surface area contributed by atoms with Crippen LogP contribution in [-0.2, 0) is 11.3 Å². The van der Waals surface area contributed by atoms with Gasteiger partial charge in [0.2, 0.25) is 5.91 Å². The molecule has 1 aromatic rings. The van der Waals surface area contributed by atoms with Gasteiger partial charge in [0.15, 0.2) is 0 Å². The van der Waals surface area contributed by atoms with E-state index in [-0.39, 0.29) is 18.5 Å². The highest BCUT2D eigenvalue weighted by atomic mass is 16.5. The first-order chi connectivity index (χ1) is 10.2. The summed E-state index contributed by atoms with van der Waals surface area (Å²) < 4.78 is 5.51. The van der Waals surface area contributed by atoms with Crippen LogP contribution in [0.3, 0.4) is 0 Å². The van der Waals surface area contributed by atoms with Crippen LogP contribution in [-0.4, -0.2) is 43.1 Å². The average molecular weight is 291 g/mol. The molecule has 1 fully saturated rings. The van der Waals surface area contributed by atoms with Gasteiger partial charge in [-0.15, -0.1) is 0 Å². The minimum Gasteiger partial charge on any atom is -0.494 e. The zero-order valence-electron chi connectivity index (χ0n) is 12.2. The van der Waals surface area contributed by atoms with Crippen LogP contribution in [0.25, 0.3) is 0 Å². The third-order valence-electron chi connectivity index (χ3n) is 3.25.